The predicted molar refractivity (Wildman–Crippen MR) is 71.7 cm³/mol. The van der Waals surface area contributed by atoms with E-state index in [1.165, 1.54) is 6.07 Å². The molecule has 1 aliphatic heterocycles. The number of benzene rings is 1. The molecule has 2 atom stereocenters. The van der Waals surface area contributed by atoms with Crippen molar-refractivity contribution in [2.75, 3.05) is 13.1 Å². The summed E-state index contributed by atoms with van der Waals surface area (Å²) in [6, 6.07) is 4.63. The quantitative estimate of drug-likeness (QED) is 0.624. The molecule has 1 aromatic rings. The molecule has 1 heterocycles. The summed E-state index contributed by atoms with van der Waals surface area (Å²) in [4.78, 5) is 12.7. The van der Waals surface area contributed by atoms with Crippen molar-refractivity contribution >= 4 is 17.3 Å². The Morgan fingerprint density at radius 2 is 2.00 bits per heavy atom. The lowest BCUT2D eigenvalue weighted by Crippen LogP contribution is -2.20. The molecule has 0 N–H and O–H groups in total. The van der Waals surface area contributed by atoms with Crippen molar-refractivity contribution in [3.05, 3.63) is 38.9 Å². The summed E-state index contributed by atoms with van der Waals surface area (Å²) in [5.74, 6) is 1.34. The molecule has 5 heteroatoms. The SMILES string of the molecule is CC1CN(Cc2cc([N+](=O)[O-])ccc2Cl)CC1C. The van der Waals surface area contributed by atoms with Crippen molar-refractivity contribution < 1.29 is 4.92 Å². The second kappa shape index (κ2) is 5.24. The lowest BCUT2D eigenvalue weighted by Gasteiger charge is -2.16. The standard InChI is InChI=1S/C13H17ClN2O2/c1-9-6-15(7-10(9)2)8-11-5-12(16(17)18)3-4-13(11)14/h3-5,9-10H,6-8H2,1-2H3. The second-order valence-electron chi connectivity index (χ2n) is 5.18. The molecular weight excluding hydrogens is 252 g/mol. The molecule has 0 radical (unpaired) electrons. The molecule has 0 spiro atoms. The maximum atomic E-state index is 10.8. The van der Waals surface area contributed by atoms with Crippen LogP contribution in [-0.2, 0) is 6.54 Å². The van der Waals surface area contributed by atoms with Gasteiger partial charge in [0.25, 0.3) is 5.69 Å². The molecule has 0 amide bonds. The summed E-state index contributed by atoms with van der Waals surface area (Å²) in [5.41, 5.74) is 0.946. The second-order valence-corrected chi connectivity index (χ2v) is 5.59. The molecule has 0 saturated carbocycles. The fourth-order valence-electron chi connectivity index (χ4n) is 2.41. The van der Waals surface area contributed by atoms with Crippen molar-refractivity contribution in [2.24, 2.45) is 11.8 Å². The third kappa shape index (κ3) is 2.82. The molecule has 2 unspecified atom stereocenters. The van der Waals surface area contributed by atoms with Gasteiger partial charge in [-0.15, -0.1) is 0 Å². The van der Waals surface area contributed by atoms with E-state index in [1.54, 1.807) is 12.1 Å². The van der Waals surface area contributed by atoms with E-state index in [9.17, 15) is 10.1 Å². The first-order chi connectivity index (χ1) is 8.47. The van der Waals surface area contributed by atoms with E-state index < -0.39 is 0 Å². The molecule has 18 heavy (non-hydrogen) atoms. The molecule has 1 aliphatic rings. The molecule has 0 bridgehead atoms. The van der Waals surface area contributed by atoms with Gasteiger partial charge in [0.15, 0.2) is 0 Å². The number of nitro groups is 1. The van der Waals surface area contributed by atoms with Gasteiger partial charge in [0.1, 0.15) is 0 Å². The zero-order valence-corrected chi connectivity index (χ0v) is 11.4. The van der Waals surface area contributed by atoms with E-state index in [4.69, 9.17) is 11.6 Å². The van der Waals surface area contributed by atoms with E-state index in [0.29, 0.717) is 23.4 Å². The molecular formula is C13H17ClN2O2. The van der Waals surface area contributed by atoms with Crippen LogP contribution in [-0.4, -0.2) is 22.9 Å². The number of non-ortho nitro benzene ring substituents is 1. The molecule has 98 valence electrons. The Kier molecular flexibility index (Phi) is 3.88. The Balaban J connectivity index is 2.14. The first-order valence-corrected chi connectivity index (χ1v) is 6.50. The lowest BCUT2D eigenvalue weighted by molar-refractivity contribution is -0.384. The molecule has 1 aromatic carbocycles. The zero-order valence-electron chi connectivity index (χ0n) is 10.6. The average Bonchev–Trinajstić information content (AvgIpc) is 2.61. The largest absolute Gasteiger partial charge is 0.298 e. The van der Waals surface area contributed by atoms with Gasteiger partial charge >= 0.3 is 0 Å². The minimum Gasteiger partial charge on any atom is -0.298 e. The molecule has 0 aliphatic carbocycles. The number of likely N-dealkylation sites (tertiary alicyclic amines) is 1. The van der Waals surface area contributed by atoms with Crippen LogP contribution in [0.1, 0.15) is 19.4 Å². The third-order valence-corrected chi connectivity index (χ3v) is 4.07. The summed E-state index contributed by atoms with van der Waals surface area (Å²) in [5, 5.41) is 11.4. The first-order valence-electron chi connectivity index (χ1n) is 6.12. The summed E-state index contributed by atoms with van der Waals surface area (Å²) in [7, 11) is 0. The number of hydrogen-bond donors (Lipinski definition) is 0. The Labute approximate surface area is 112 Å². The van der Waals surface area contributed by atoms with Crippen LogP contribution in [0, 0.1) is 22.0 Å². The van der Waals surface area contributed by atoms with Crippen molar-refractivity contribution in [3.8, 4) is 0 Å². The van der Waals surface area contributed by atoms with E-state index in [1.807, 2.05) is 0 Å². The minimum absolute atomic E-state index is 0.106. The van der Waals surface area contributed by atoms with Gasteiger partial charge in [0.05, 0.1) is 4.92 Å². The van der Waals surface area contributed by atoms with Crippen LogP contribution in [0.15, 0.2) is 18.2 Å². The summed E-state index contributed by atoms with van der Waals surface area (Å²) in [6.07, 6.45) is 0. The fraction of sp³-hybridized carbons (Fsp3) is 0.538. The van der Waals surface area contributed by atoms with Gasteiger partial charge in [0.2, 0.25) is 0 Å². The minimum atomic E-state index is -0.380. The van der Waals surface area contributed by atoms with E-state index >= 15 is 0 Å². The third-order valence-electron chi connectivity index (χ3n) is 3.70. The number of nitro benzene ring substituents is 1. The monoisotopic (exact) mass is 268 g/mol. The topological polar surface area (TPSA) is 46.4 Å². The highest BCUT2D eigenvalue weighted by atomic mass is 35.5. The highest BCUT2D eigenvalue weighted by Gasteiger charge is 2.26. The molecule has 2 rings (SSSR count). The number of halogens is 1. The number of rotatable bonds is 3. The van der Waals surface area contributed by atoms with Crippen LogP contribution < -0.4 is 0 Å². The first kappa shape index (κ1) is 13.3. The van der Waals surface area contributed by atoms with Gasteiger partial charge in [-0.3, -0.25) is 15.0 Å². The van der Waals surface area contributed by atoms with Crippen LogP contribution >= 0.6 is 11.6 Å². The summed E-state index contributed by atoms with van der Waals surface area (Å²) < 4.78 is 0. The Morgan fingerprint density at radius 1 is 1.39 bits per heavy atom. The Bertz CT molecular complexity index is 454. The smallest absolute Gasteiger partial charge is 0.269 e. The van der Waals surface area contributed by atoms with E-state index in [0.717, 1.165) is 18.7 Å². The molecule has 4 nitrogen and oxygen atoms in total. The number of hydrogen-bond acceptors (Lipinski definition) is 3. The number of nitrogens with zero attached hydrogens (tertiary/aromatic N) is 2. The van der Waals surface area contributed by atoms with Gasteiger partial charge in [-0.05, 0) is 23.5 Å². The fourth-order valence-corrected chi connectivity index (χ4v) is 2.59. The highest BCUT2D eigenvalue weighted by Crippen LogP contribution is 2.27. The van der Waals surface area contributed by atoms with Gasteiger partial charge in [-0.1, -0.05) is 25.4 Å². The van der Waals surface area contributed by atoms with Crippen molar-refractivity contribution in [3.63, 3.8) is 0 Å². The van der Waals surface area contributed by atoms with E-state index in [-0.39, 0.29) is 10.6 Å². The van der Waals surface area contributed by atoms with Crippen molar-refractivity contribution in [2.45, 2.75) is 20.4 Å². The highest BCUT2D eigenvalue weighted by molar-refractivity contribution is 6.31. The van der Waals surface area contributed by atoms with Gasteiger partial charge < -0.3 is 0 Å². The average molecular weight is 269 g/mol. The maximum Gasteiger partial charge on any atom is 0.269 e. The van der Waals surface area contributed by atoms with Crippen LogP contribution in [0.4, 0.5) is 5.69 Å². The Hall–Kier alpha value is -1.13. The molecule has 1 saturated heterocycles. The van der Waals surface area contributed by atoms with Crippen LogP contribution in [0.2, 0.25) is 5.02 Å². The summed E-state index contributed by atoms with van der Waals surface area (Å²) >= 11 is 6.10. The van der Waals surface area contributed by atoms with Gasteiger partial charge in [-0.25, -0.2) is 0 Å². The summed E-state index contributed by atoms with van der Waals surface area (Å²) in [6.45, 7) is 7.22. The van der Waals surface area contributed by atoms with Gasteiger partial charge in [-0.2, -0.15) is 0 Å². The molecule has 1 fully saturated rings. The predicted octanol–water partition coefficient (Wildman–Crippen LogP) is 3.34. The molecule has 0 aromatic heterocycles. The van der Waals surface area contributed by atoms with Crippen LogP contribution in [0.3, 0.4) is 0 Å². The van der Waals surface area contributed by atoms with Crippen molar-refractivity contribution in [1.29, 1.82) is 0 Å². The Morgan fingerprint density at radius 3 is 2.56 bits per heavy atom. The van der Waals surface area contributed by atoms with Crippen LogP contribution in [0.5, 0.6) is 0 Å². The normalized spacial score (nSPS) is 24.4. The lowest BCUT2D eigenvalue weighted by atomic mass is 10.0. The van der Waals surface area contributed by atoms with Gasteiger partial charge in [0, 0.05) is 36.8 Å². The van der Waals surface area contributed by atoms with E-state index in [2.05, 4.69) is 18.7 Å². The maximum absolute atomic E-state index is 10.8. The zero-order chi connectivity index (χ0) is 13.3. The van der Waals surface area contributed by atoms with Crippen molar-refractivity contribution in [1.82, 2.24) is 4.90 Å². The van der Waals surface area contributed by atoms with Crippen LogP contribution in [0.25, 0.3) is 0 Å².